The van der Waals surface area contributed by atoms with Crippen LogP contribution in [0.5, 0.6) is 11.6 Å². The highest BCUT2D eigenvalue weighted by atomic mass is 16.5. The molecule has 0 bridgehead atoms. The van der Waals surface area contributed by atoms with Crippen LogP contribution in [0.4, 0.5) is 17.5 Å². The minimum Gasteiger partial charge on any atom is -0.460 e. The van der Waals surface area contributed by atoms with Crippen molar-refractivity contribution in [2.75, 3.05) is 11.1 Å². The van der Waals surface area contributed by atoms with E-state index in [4.69, 9.17) is 14.9 Å². The van der Waals surface area contributed by atoms with E-state index in [9.17, 15) is 0 Å². The first-order valence-electron chi connectivity index (χ1n) is 11.1. The fourth-order valence-corrected chi connectivity index (χ4v) is 3.81. The van der Waals surface area contributed by atoms with Crippen LogP contribution < -0.4 is 15.8 Å². The molecule has 0 aliphatic carbocycles. The number of hydrogen-bond donors (Lipinski definition) is 2. The summed E-state index contributed by atoms with van der Waals surface area (Å²) in [6.07, 6.45) is 4.89. The van der Waals surface area contributed by atoms with Crippen LogP contribution in [-0.4, -0.2) is 25.1 Å². The molecule has 174 valence electrons. The normalized spacial score (nSPS) is 10.9. The van der Waals surface area contributed by atoms with E-state index in [1.54, 1.807) is 24.7 Å². The van der Waals surface area contributed by atoms with Crippen molar-refractivity contribution in [1.82, 2.24) is 25.1 Å². The third kappa shape index (κ3) is 4.16. The third-order valence-corrected chi connectivity index (χ3v) is 5.49. The van der Waals surface area contributed by atoms with Crippen molar-refractivity contribution in [2.24, 2.45) is 0 Å². The number of nitrogens with one attached hydrogen (secondary N) is 1. The van der Waals surface area contributed by atoms with Crippen molar-refractivity contribution in [2.45, 2.75) is 0 Å². The topological polar surface area (TPSA) is 125 Å². The van der Waals surface area contributed by atoms with Gasteiger partial charge in [-0.2, -0.15) is 0 Å². The smallest absolute Gasteiger partial charge is 0.228 e. The number of pyridine rings is 1. The van der Waals surface area contributed by atoms with Crippen LogP contribution in [0.2, 0.25) is 0 Å². The second-order valence-electron chi connectivity index (χ2n) is 7.83. The summed E-state index contributed by atoms with van der Waals surface area (Å²) < 4.78 is 11.8. The fourth-order valence-electron chi connectivity index (χ4n) is 3.81. The number of anilines is 3. The van der Waals surface area contributed by atoms with Crippen molar-refractivity contribution < 1.29 is 9.15 Å². The predicted molar refractivity (Wildman–Crippen MR) is 137 cm³/mol. The van der Waals surface area contributed by atoms with E-state index in [1.807, 2.05) is 72.8 Å². The molecule has 9 nitrogen and oxygen atoms in total. The third-order valence-electron chi connectivity index (χ3n) is 5.49. The van der Waals surface area contributed by atoms with Crippen LogP contribution in [0, 0.1) is 0 Å². The molecule has 4 heterocycles. The van der Waals surface area contributed by atoms with E-state index in [0.717, 1.165) is 22.3 Å². The number of furan rings is 1. The molecule has 3 N–H and O–H groups in total. The van der Waals surface area contributed by atoms with E-state index in [1.165, 1.54) is 0 Å². The molecule has 0 unspecified atom stereocenters. The van der Waals surface area contributed by atoms with E-state index in [2.05, 4.69) is 30.5 Å². The Kier molecular flexibility index (Phi) is 5.40. The second-order valence-corrected chi connectivity index (χ2v) is 7.83. The molecule has 36 heavy (non-hydrogen) atoms. The number of nitrogens with two attached hydrogens (primary N) is 1. The average Bonchev–Trinajstić information content (AvgIpc) is 3.41. The van der Waals surface area contributed by atoms with Crippen LogP contribution in [-0.2, 0) is 0 Å². The molecule has 6 aromatic rings. The summed E-state index contributed by atoms with van der Waals surface area (Å²) in [5, 5.41) is 13.0. The van der Waals surface area contributed by atoms with E-state index in [-0.39, 0.29) is 5.95 Å². The lowest BCUT2D eigenvalue weighted by Gasteiger charge is -2.11. The maximum atomic E-state index is 6.04. The zero-order chi connectivity index (χ0) is 24.3. The SMILES string of the molecule is Nc1nccc(-c2cccnc2Oc2ccc(Nc3nnc(-c4ccccc4)c4ccoc34)cc2)n1. The molecular weight excluding hydrogens is 454 g/mol. The van der Waals surface area contributed by atoms with Gasteiger partial charge in [-0.25, -0.2) is 15.0 Å². The minimum atomic E-state index is 0.184. The molecule has 0 radical (unpaired) electrons. The number of hydrogen-bond acceptors (Lipinski definition) is 9. The largest absolute Gasteiger partial charge is 0.460 e. The van der Waals surface area contributed by atoms with Crippen molar-refractivity contribution in [3.8, 4) is 34.1 Å². The summed E-state index contributed by atoms with van der Waals surface area (Å²) >= 11 is 0. The van der Waals surface area contributed by atoms with E-state index in [0.29, 0.717) is 34.3 Å². The Balaban J connectivity index is 1.24. The Bertz CT molecular complexity index is 1650. The monoisotopic (exact) mass is 473 g/mol. The molecule has 2 aromatic carbocycles. The molecule has 0 fully saturated rings. The Morgan fingerprint density at radius 1 is 0.806 bits per heavy atom. The van der Waals surface area contributed by atoms with Crippen molar-refractivity contribution in [3.05, 3.63) is 97.5 Å². The number of rotatable bonds is 6. The zero-order valence-corrected chi connectivity index (χ0v) is 18.9. The molecule has 0 amide bonds. The molecule has 0 saturated heterocycles. The van der Waals surface area contributed by atoms with Gasteiger partial charge in [0.05, 0.1) is 22.9 Å². The van der Waals surface area contributed by atoms with Crippen molar-refractivity contribution in [1.29, 1.82) is 0 Å². The van der Waals surface area contributed by atoms with Crippen LogP contribution in [0.1, 0.15) is 0 Å². The summed E-state index contributed by atoms with van der Waals surface area (Å²) in [7, 11) is 0. The standard InChI is InChI=1S/C27H19N7O2/c28-27-30-15-12-22(32-27)20-7-4-14-29-26(20)36-19-10-8-18(9-11-19)31-25-24-21(13-16-35-24)23(33-34-25)17-5-2-1-3-6-17/h1-16H,(H,31,34)(H2,28,30,32). The quantitative estimate of drug-likeness (QED) is 0.306. The first kappa shape index (κ1) is 21.2. The lowest BCUT2D eigenvalue weighted by molar-refractivity contribution is 0.465. The number of fused-ring (bicyclic) bond motifs is 1. The summed E-state index contributed by atoms with van der Waals surface area (Å²) in [4.78, 5) is 12.6. The molecule has 0 atom stereocenters. The molecule has 9 heteroatoms. The van der Waals surface area contributed by atoms with E-state index < -0.39 is 0 Å². The first-order valence-corrected chi connectivity index (χ1v) is 11.1. The maximum Gasteiger partial charge on any atom is 0.228 e. The Morgan fingerprint density at radius 3 is 2.50 bits per heavy atom. The molecule has 0 saturated carbocycles. The first-order chi connectivity index (χ1) is 17.7. The molecule has 0 aliphatic rings. The van der Waals surface area contributed by atoms with Crippen molar-refractivity contribution in [3.63, 3.8) is 0 Å². The molecule has 4 aromatic heterocycles. The number of nitrogens with zero attached hydrogens (tertiary/aromatic N) is 5. The van der Waals surface area contributed by atoms with Crippen LogP contribution in [0.3, 0.4) is 0 Å². The number of aromatic nitrogens is 5. The van der Waals surface area contributed by atoms with Gasteiger partial charge in [0.15, 0.2) is 11.4 Å². The van der Waals surface area contributed by atoms with Gasteiger partial charge in [-0.15, -0.1) is 10.2 Å². The maximum absolute atomic E-state index is 6.04. The van der Waals surface area contributed by atoms with Crippen LogP contribution in [0.25, 0.3) is 33.5 Å². The molecule has 0 spiro atoms. The molecule has 0 aliphatic heterocycles. The number of ether oxygens (including phenoxy) is 1. The molecular formula is C27H19N7O2. The highest BCUT2D eigenvalue weighted by Gasteiger charge is 2.15. The Hall–Kier alpha value is -5.31. The predicted octanol–water partition coefficient (Wildman–Crippen LogP) is 5.86. The number of nitrogen functional groups attached to an aromatic ring is 1. The average molecular weight is 473 g/mol. The van der Waals surface area contributed by atoms with Gasteiger partial charge >= 0.3 is 0 Å². The van der Waals surface area contributed by atoms with Gasteiger partial charge in [-0.1, -0.05) is 30.3 Å². The van der Waals surface area contributed by atoms with Gasteiger partial charge in [0, 0.05) is 23.6 Å². The summed E-state index contributed by atoms with van der Waals surface area (Å²) in [6.45, 7) is 0. The van der Waals surface area contributed by atoms with Gasteiger partial charge in [0.1, 0.15) is 11.4 Å². The summed E-state index contributed by atoms with van der Waals surface area (Å²) in [6, 6.07) is 24.6. The fraction of sp³-hybridized carbons (Fsp3) is 0. The Morgan fingerprint density at radius 2 is 1.67 bits per heavy atom. The van der Waals surface area contributed by atoms with Gasteiger partial charge in [0.25, 0.3) is 0 Å². The second kappa shape index (κ2) is 9.15. The van der Waals surface area contributed by atoms with Gasteiger partial charge in [-0.05, 0) is 48.5 Å². The van der Waals surface area contributed by atoms with Gasteiger partial charge in [0.2, 0.25) is 11.8 Å². The van der Waals surface area contributed by atoms with E-state index >= 15 is 0 Å². The van der Waals surface area contributed by atoms with Gasteiger partial charge in [-0.3, -0.25) is 0 Å². The van der Waals surface area contributed by atoms with Crippen LogP contribution >= 0.6 is 0 Å². The number of benzene rings is 2. The lowest BCUT2D eigenvalue weighted by atomic mass is 10.1. The van der Waals surface area contributed by atoms with Crippen LogP contribution in [0.15, 0.2) is 102 Å². The van der Waals surface area contributed by atoms with Gasteiger partial charge < -0.3 is 20.2 Å². The highest BCUT2D eigenvalue weighted by Crippen LogP contribution is 2.33. The molecule has 6 rings (SSSR count). The lowest BCUT2D eigenvalue weighted by Crippen LogP contribution is -1.99. The zero-order valence-electron chi connectivity index (χ0n) is 18.9. The van der Waals surface area contributed by atoms with Crippen molar-refractivity contribution >= 4 is 28.4 Å². The highest BCUT2D eigenvalue weighted by molar-refractivity contribution is 5.97. The summed E-state index contributed by atoms with van der Waals surface area (Å²) in [5.41, 5.74) is 10.2. The minimum absolute atomic E-state index is 0.184. The Labute approximate surface area is 205 Å². The summed E-state index contributed by atoms with van der Waals surface area (Å²) in [5.74, 6) is 1.73.